The summed E-state index contributed by atoms with van der Waals surface area (Å²) in [5, 5.41) is 11.7. The molecular formula is C16H22N2O5S. The normalized spacial score (nSPS) is 15.0. The SMILES string of the molecule is CCCCC(NC(=O)c1ccc2c(c1)CCN2S(C)(=O)=O)C(=O)O. The molecular weight excluding hydrogens is 332 g/mol. The van der Waals surface area contributed by atoms with Gasteiger partial charge in [-0.2, -0.15) is 0 Å². The van der Waals surface area contributed by atoms with Crippen molar-refractivity contribution in [2.45, 2.75) is 38.6 Å². The Bertz CT molecular complexity index is 745. The van der Waals surface area contributed by atoms with Crippen LogP contribution in [0.5, 0.6) is 0 Å². The molecule has 1 unspecified atom stereocenters. The highest BCUT2D eigenvalue weighted by molar-refractivity contribution is 7.92. The number of anilines is 1. The number of carboxylic acid groups (broad SMARTS) is 1. The van der Waals surface area contributed by atoms with Gasteiger partial charge in [-0.1, -0.05) is 19.8 Å². The summed E-state index contributed by atoms with van der Waals surface area (Å²) in [5.74, 6) is -1.51. The molecule has 132 valence electrons. The van der Waals surface area contributed by atoms with Gasteiger partial charge in [0.2, 0.25) is 10.0 Å². The summed E-state index contributed by atoms with van der Waals surface area (Å²) in [7, 11) is -3.33. The number of carbonyl (C=O) groups is 2. The number of sulfonamides is 1. The lowest BCUT2D eigenvalue weighted by Crippen LogP contribution is -2.40. The number of hydrogen-bond acceptors (Lipinski definition) is 4. The van der Waals surface area contributed by atoms with E-state index in [4.69, 9.17) is 0 Å². The van der Waals surface area contributed by atoms with Crippen LogP contribution in [0.4, 0.5) is 5.69 Å². The molecule has 0 aromatic heterocycles. The lowest BCUT2D eigenvalue weighted by atomic mass is 10.1. The molecule has 0 saturated carbocycles. The Kier molecular flexibility index (Phi) is 5.48. The fraction of sp³-hybridized carbons (Fsp3) is 0.500. The molecule has 1 atom stereocenters. The molecule has 8 heteroatoms. The molecule has 1 aliphatic rings. The van der Waals surface area contributed by atoms with Gasteiger partial charge in [0.1, 0.15) is 6.04 Å². The summed E-state index contributed by atoms with van der Waals surface area (Å²) in [6.07, 6.45) is 3.62. The van der Waals surface area contributed by atoms with E-state index in [-0.39, 0.29) is 0 Å². The van der Waals surface area contributed by atoms with E-state index in [9.17, 15) is 23.1 Å². The molecule has 1 amide bonds. The van der Waals surface area contributed by atoms with Gasteiger partial charge in [-0.3, -0.25) is 9.10 Å². The molecule has 0 aliphatic carbocycles. The zero-order valence-electron chi connectivity index (χ0n) is 13.8. The van der Waals surface area contributed by atoms with Gasteiger partial charge in [-0.05, 0) is 36.6 Å². The summed E-state index contributed by atoms with van der Waals surface area (Å²) in [6, 6.07) is 3.84. The molecule has 7 nitrogen and oxygen atoms in total. The summed E-state index contributed by atoms with van der Waals surface area (Å²) in [6.45, 7) is 2.31. The van der Waals surface area contributed by atoms with Crippen LogP contribution in [0.1, 0.15) is 42.1 Å². The van der Waals surface area contributed by atoms with Crippen LogP contribution in [0.25, 0.3) is 0 Å². The summed E-state index contributed by atoms with van der Waals surface area (Å²) >= 11 is 0. The van der Waals surface area contributed by atoms with E-state index in [1.807, 2.05) is 6.92 Å². The van der Waals surface area contributed by atoms with E-state index < -0.39 is 27.9 Å². The predicted molar refractivity (Wildman–Crippen MR) is 90.8 cm³/mol. The van der Waals surface area contributed by atoms with Crippen molar-refractivity contribution in [2.24, 2.45) is 0 Å². The van der Waals surface area contributed by atoms with E-state index in [1.54, 1.807) is 12.1 Å². The highest BCUT2D eigenvalue weighted by Gasteiger charge is 2.27. The van der Waals surface area contributed by atoms with E-state index in [0.29, 0.717) is 37.1 Å². The minimum atomic E-state index is -3.33. The Morgan fingerprint density at radius 1 is 1.38 bits per heavy atom. The highest BCUT2D eigenvalue weighted by atomic mass is 32.2. The standard InChI is InChI=1S/C16H22N2O5S/c1-3-4-5-13(16(20)21)17-15(19)12-6-7-14-11(10-12)8-9-18(14)24(2,22)23/h6-7,10,13H,3-5,8-9H2,1-2H3,(H,17,19)(H,20,21). The monoisotopic (exact) mass is 354 g/mol. The minimum Gasteiger partial charge on any atom is -0.480 e. The van der Waals surface area contributed by atoms with Crippen LogP contribution in [-0.4, -0.2) is 44.2 Å². The number of fused-ring (bicyclic) bond motifs is 1. The molecule has 0 saturated heterocycles. The third kappa shape index (κ3) is 4.05. The Morgan fingerprint density at radius 3 is 2.67 bits per heavy atom. The van der Waals surface area contributed by atoms with Crippen LogP contribution in [0, 0.1) is 0 Å². The molecule has 0 fully saturated rings. The van der Waals surface area contributed by atoms with Gasteiger partial charge in [0.15, 0.2) is 0 Å². The third-order valence-electron chi connectivity index (χ3n) is 4.04. The Labute approximate surface area is 141 Å². The second-order valence-corrected chi connectivity index (χ2v) is 7.84. The van der Waals surface area contributed by atoms with Crippen molar-refractivity contribution < 1.29 is 23.1 Å². The number of carbonyl (C=O) groups excluding carboxylic acids is 1. The van der Waals surface area contributed by atoms with Gasteiger partial charge >= 0.3 is 5.97 Å². The lowest BCUT2D eigenvalue weighted by Gasteiger charge is -2.17. The van der Waals surface area contributed by atoms with E-state index in [2.05, 4.69) is 5.32 Å². The van der Waals surface area contributed by atoms with Gasteiger partial charge in [0.05, 0.1) is 11.9 Å². The van der Waals surface area contributed by atoms with Crippen LogP contribution in [-0.2, 0) is 21.2 Å². The average molecular weight is 354 g/mol. The number of nitrogens with zero attached hydrogens (tertiary/aromatic N) is 1. The van der Waals surface area contributed by atoms with Crippen molar-refractivity contribution in [3.63, 3.8) is 0 Å². The summed E-state index contributed by atoms with van der Waals surface area (Å²) in [5.41, 5.74) is 1.69. The number of nitrogens with one attached hydrogen (secondary N) is 1. The highest BCUT2D eigenvalue weighted by Crippen LogP contribution is 2.30. The first-order valence-electron chi connectivity index (χ1n) is 7.88. The number of aliphatic carboxylic acids is 1. The first kappa shape index (κ1) is 18.3. The Morgan fingerprint density at radius 2 is 2.08 bits per heavy atom. The van der Waals surface area contributed by atoms with Gasteiger partial charge < -0.3 is 10.4 Å². The largest absolute Gasteiger partial charge is 0.480 e. The molecule has 1 aromatic carbocycles. The predicted octanol–water partition coefficient (Wildman–Crippen LogP) is 1.38. The molecule has 0 radical (unpaired) electrons. The topological polar surface area (TPSA) is 104 Å². The number of carboxylic acids is 1. The number of unbranched alkanes of at least 4 members (excludes halogenated alkanes) is 1. The van der Waals surface area contributed by atoms with Gasteiger partial charge in [-0.15, -0.1) is 0 Å². The van der Waals surface area contributed by atoms with Crippen LogP contribution in [0.3, 0.4) is 0 Å². The fourth-order valence-corrected chi connectivity index (χ4v) is 3.72. The van der Waals surface area contributed by atoms with Crippen LogP contribution >= 0.6 is 0 Å². The number of hydrogen-bond donors (Lipinski definition) is 2. The van der Waals surface area contributed by atoms with Crippen molar-refractivity contribution in [3.8, 4) is 0 Å². The molecule has 0 bridgehead atoms. The minimum absolute atomic E-state index is 0.340. The van der Waals surface area contributed by atoms with Crippen LogP contribution in [0.15, 0.2) is 18.2 Å². The molecule has 1 heterocycles. The Hall–Kier alpha value is -2.09. The fourth-order valence-electron chi connectivity index (χ4n) is 2.76. The quantitative estimate of drug-likeness (QED) is 0.770. The Balaban J connectivity index is 2.16. The average Bonchev–Trinajstić information content (AvgIpc) is 2.93. The van der Waals surface area contributed by atoms with Gasteiger partial charge in [0, 0.05) is 12.1 Å². The number of benzene rings is 1. The first-order chi connectivity index (χ1) is 11.2. The molecule has 2 N–H and O–H groups in total. The van der Waals surface area contributed by atoms with E-state index in [1.165, 1.54) is 10.4 Å². The number of amides is 1. The van der Waals surface area contributed by atoms with E-state index in [0.717, 1.165) is 18.2 Å². The lowest BCUT2D eigenvalue weighted by molar-refractivity contribution is -0.139. The van der Waals surface area contributed by atoms with Crippen molar-refractivity contribution in [2.75, 3.05) is 17.1 Å². The van der Waals surface area contributed by atoms with Gasteiger partial charge in [-0.25, -0.2) is 13.2 Å². The van der Waals surface area contributed by atoms with Crippen molar-refractivity contribution in [1.29, 1.82) is 0 Å². The van der Waals surface area contributed by atoms with Crippen LogP contribution in [0.2, 0.25) is 0 Å². The smallest absolute Gasteiger partial charge is 0.326 e. The maximum Gasteiger partial charge on any atom is 0.326 e. The molecule has 1 aromatic rings. The third-order valence-corrected chi connectivity index (χ3v) is 5.22. The molecule has 0 spiro atoms. The molecule has 1 aliphatic heterocycles. The first-order valence-corrected chi connectivity index (χ1v) is 9.73. The van der Waals surface area contributed by atoms with Crippen LogP contribution < -0.4 is 9.62 Å². The van der Waals surface area contributed by atoms with E-state index >= 15 is 0 Å². The van der Waals surface area contributed by atoms with Crippen molar-refractivity contribution in [3.05, 3.63) is 29.3 Å². The maximum atomic E-state index is 12.3. The van der Waals surface area contributed by atoms with Crippen molar-refractivity contribution >= 4 is 27.6 Å². The number of rotatable bonds is 7. The van der Waals surface area contributed by atoms with Crippen molar-refractivity contribution in [1.82, 2.24) is 5.32 Å². The molecule has 2 rings (SSSR count). The van der Waals surface area contributed by atoms with Gasteiger partial charge in [0.25, 0.3) is 5.91 Å². The zero-order valence-corrected chi connectivity index (χ0v) is 14.6. The molecule has 24 heavy (non-hydrogen) atoms. The zero-order chi connectivity index (χ0) is 17.9. The maximum absolute atomic E-state index is 12.3. The summed E-state index contributed by atoms with van der Waals surface area (Å²) < 4.78 is 24.7. The second-order valence-electron chi connectivity index (χ2n) is 5.94. The summed E-state index contributed by atoms with van der Waals surface area (Å²) in [4.78, 5) is 23.5. The second kappa shape index (κ2) is 7.21.